The lowest BCUT2D eigenvalue weighted by atomic mass is 10.3. The molecule has 0 saturated heterocycles. The number of nitrogens with zero attached hydrogens (tertiary/aromatic N) is 1. The van der Waals surface area contributed by atoms with E-state index in [2.05, 4.69) is 26.2 Å². The minimum Gasteiger partial charge on any atom is -0.481 e. The summed E-state index contributed by atoms with van der Waals surface area (Å²) in [6.45, 7) is 1.70. The molecule has 1 amide bonds. The molecule has 1 heterocycles. The average molecular weight is 327 g/mol. The van der Waals surface area contributed by atoms with Crippen molar-refractivity contribution in [1.29, 1.82) is 0 Å². The van der Waals surface area contributed by atoms with E-state index in [-0.39, 0.29) is 5.91 Å². The molecule has 0 aliphatic rings. The van der Waals surface area contributed by atoms with Crippen LogP contribution in [0.25, 0.3) is 0 Å². The van der Waals surface area contributed by atoms with Crippen LogP contribution in [-0.2, 0) is 4.79 Å². The van der Waals surface area contributed by atoms with Gasteiger partial charge in [0.25, 0.3) is 5.91 Å². The van der Waals surface area contributed by atoms with Gasteiger partial charge in [-0.15, -0.1) is 11.3 Å². The Morgan fingerprint density at radius 2 is 2.17 bits per heavy atom. The second kappa shape index (κ2) is 5.97. The van der Waals surface area contributed by atoms with Gasteiger partial charge in [-0.1, -0.05) is 15.9 Å². The van der Waals surface area contributed by atoms with Gasteiger partial charge in [0, 0.05) is 16.0 Å². The predicted octanol–water partition coefficient (Wildman–Crippen LogP) is 3.31. The number of anilines is 1. The van der Waals surface area contributed by atoms with Gasteiger partial charge >= 0.3 is 0 Å². The van der Waals surface area contributed by atoms with Crippen LogP contribution in [0.3, 0.4) is 0 Å². The summed E-state index contributed by atoms with van der Waals surface area (Å²) >= 11 is 4.71. The molecule has 4 nitrogen and oxygen atoms in total. The summed E-state index contributed by atoms with van der Waals surface area (Å²) in [6.07, 6.45) is 1.07. The van der Waals surface area contributed by atoms with Gasteiger partial charge in [-0.2, -0.15) is 0 Å². The number of amides is 1. The van der Waals surface area contributed by atoms with Gasteiger partial charge in [-0.3, -0.25) is 10.1 Å². The van der Waals surface area contributed by atoms with Crippen molar-refractivity contribution in [3.63, 3.8) is 0 Å². The van der Waals surface area contributed by atoms with Crippen LogP contribution >= 0.6 is 27.3 Å². The molecule has 6 heteroatoms. The van der Waals surface area contributed by atoms with Gasteiger partial charge < -0.3 is 4.74 Å². The van der Waals surface area contributed by atoms with Crippen LogP contribution in [-0.4, -0.2) is 17.0 Å². The third-order valence-electron chi connectivity index (χ3n) is 2.16. The van der Waals surface area contributed by atoms with Crippen molar-refractivity contribution in [3.05, 3.63) is 40.3 Å². The maximum Gasteiger partial charge on any atom is 0.266 e. The Kier molecular flexibility index (Phi) is 4.33. The number of halogens is 1. The number of rotatable bonds is 4. The average Bonchev–Trinajstić information content (AvgIpc) is 2.85. The van der Waals surface area contributed by atoms with Crippen molar-refractivity contribution >= 4 is 38.3 Å². The van der Waals surface area contributed by atoms with Gasteiger partial charge in [0.1, 0.15) is 5.75 Å². The number of ether oxygens (including phenoxy) is 1. The van der Waals surface area contributed by atoms with E-state index in [1.807, 2.05) is 12.1 Å². The lowest BCUT2D eigenvalue weighted by Crippen LogP contribution is -2.30. The Hall–Kier alpha value is -1.40. The normalized spacial score (nSPS) is 11.9. The van der Waals surface area contributed by atoms with Crippen molar-refractivity contribution in [2.24, 2.45) is 0 Å². The second-order valence-electron chi connectivity index (χ2n) is 3.54. The molecule has 1 atom stereocenters. The molecule has 2 rings (SSSR count). The van der Waals surface area contributed by atoms with Crippen molar-refractivity contribution in [2.45, 2.75) is 13.0 Å². The SMILES string of the molecule is CC(Oc1ccc(Br)cc1)C(=O)Nc1nccs1. The van der Waals surface area contributed by atoms with E-state index >= 15 is 0 Å². The highest BCUT2D eigenvalue weighted by Crippen LogP contribution is 2.18. The summed E-state index contributed by atoms with van der Waals surface area (Å²) in [4.78, 5) is 15.8. The second-order valence-corrected chi connectivity index (χ2v) is 5.35. The molecule has 0 bridgehead atoms. The number of hydrogen-bond acceptors (Lipinski definition) is 4. The van der Waals surface area contributed by atoms with Crippen molar-refractivity contribution in [1.82, 2.24) is 4.98 Å². The number of thiazole rings is 1. The van der Waals surface area contributed by atoms with E-state index in [9.17, 15) is 4.79 Å². The first-order valence-electron chi connectivity index (χ1n) is 5.28. The lowest BCUT2D eigenvalue weighted by molar-refractivity contribution is -0.122. The maximum absolute atomic E-state index is 11.8. The Morgan fingerprint density at radius 3 is 2.78 bits per heavy atom. The summed E-state index contributed by atoms with van der Waals surface area (Å²) in [7, 11) is 0. The first-order chi connectivity index (χ1) is 8.65. The van der Waals surface area contributed by atoms with E-state index in [0.29, 0.717) is 10.9 Å². The Morgan fingerprint density at radius 1 is 1.44 bits per heavy atom. The largest absolute Gasteiger partial charge is 0.481 e. The zero-order valence-electron chi connectivity index (χ0n) is 9.59. The number of hydrogen-bond donors (Lipinski definition) is 1. The van der Waals surface area contributed by atoms with E-state index in [1.54, 1.807) is 30.6 Å². The van der Waals surface area contributed by atoms with Crippen molar-refractivity contribution in [2.75, 3.05) is 5.32 Å². The Bertz CT molecular complexity index is 513. The summed E-state index contributed by atoms with van der Waals surface area (Å²) in [6, 6.07) is 7.33. The van der Waals surface area contributed by atoms with Crippen LogP contribution < -0.4 is 10.1 Å². The highest BCUT2D eigenvalue weighted by atomic mass is 79.9. The fraction of sp³-hybridized carbons (Fsp3) is 0.167. The summed E-state index contributed by atoms with van der Waals surface area (Å²) in [5.74, 6) is 0.438. The van der Waals surface area contributed by atoms with E-state index in [1.165, 1.54) is 11.3 Å². The van der Waals surface area contributed by atoms with E-state index in [0.717, 1.165) is 4.47 Å². The minimum atomic E-state index is -0.574. The molecule has 0 saturated carbocycles. The molecule has 0 radical (unpaired) electrons. The van der Waals surface area contributed by atoms with Crippen LogP contribution in [0, 0.1) is 0 Å². The molecule has 1 N–H and O–H groups in total. The molecule has 0 spiro atoms. The summed E-state index contributed by atoms with van der Waals surface area (Å²) in [5, 5.41) is 5.06. The highest BCUT2D eigenvalue weighted by molar-refractivity contribution is 9.10. The van der Waals surface area contributed by atoms with E-state index < -0.39 is 6.10 Å². The molecule has 1 aromatic carbocycles. The number of carbonyl (C=O) groups excluding carboxylic acids is 1. The fourth-order valence-corrected chi connectivity index (χ4v) is 2.06. The third-order valence-corrected chi connectivity index (χ3v) is 3.38. The number of carbonyl (C=O) groups is 1. The first kappa shape index (κ1) is 13.0. The van der Waals surface area contributed by atoms with Crippen LogP contribution in [0.2, 0.25) is 0 Å². The standard InChI is InChI=1S/C12H11BrN2O2S/c1-8(11(16)15-12-14-6-7-18-12)17-10-4-2-9(13)3-5-10/h2-8H,1H3,(H,14,15,16). The first-order valence-corrected chi connectivity index (χ1v) is 6.95. The molecular formula is C12H11BrN2O2S. The highest BCUT2D eigenvalue weighted by Gasteiger charge is 2.15. The monoisotopic (exact) mass is 326 g/mol. The summed E-state index contributed by atoms with van der Waals surface area (Å²) in [5.41, 5.74) is 0. The fourth-order valence-electron chi connectivity index (χ4n) is 1.26. The molecule has 0 aliphatic carbocycles. The zero-order valence-corrected chi connectivity index (χ0v) is 12.0. The smallest absolute Gasteiger partial charge is 0.266 e. The zero-order chi connectivity index (χ0) is 13.0. The van der Waals surface area contributed by atoms with Crippen LogP contribution in [0.1, 0.15) is 6.92 Å². The van der Waals surface area contributed by atoms with Gasteiger partial charge in [-0.25, -0.2) is 4.98 Å². The van der Waals surface area contributed by atoms with Gasteiger partial charge in [0.2, 0.25) is 0 Å². The van der Waals surface area contributed by atoms with Gasteiger partial charge in [-0.05, 0) is 31.2 Å². The molecular weight excluding hydrogens is 316 g/mol. The van der Waals surface area contributed by atoms with Gasteiger partial charge in [0.05, 0.1) is 0 Å². The van der Waals surface area contributed by atoms with Crippen LogP contribution in [0.5, 0.6) is 5.75 Å². The molecule has 1 aromatic heterocycles. The minimum absolute atomic E-state index is 0.215. The molecule has 2 aromatic rings. The Labute approximate surface area is 117 Å². The molecule has 0 fully saturated rings. The number of benzene rings is 1. The predicted molar refractivity (Wildman–Crippen MR) is 75.0 cm³/mol. The molecule has 0 aliphatic heterocycles. The molecule has 18 heavy (non-hydrogen) atoms. The maximum atomic E-state index is 11.8. The van der Waals surface area contributed by atoms with E-state index in [4.69, 9.17) is 4.74 Å². The van der Waals surface area contributed by atoms with Gasteiger partial charge in [0.15, 0.2) is 11.2 Å². The summed E-state index contributed by atoms with van der Waals surface area (Å²) < 4.78 is 6.49. The third kappa shape index (κ3) is 3.54. The number of nitrogens with one attached hydrogen (secondary N) is 1. The number of aromatic nitrogens is 1. The van der Waals surface area contributed by atoms with Crippen molar-refractivity contribution in [3.8, 4) is 5.75 Å². The Balaban J connectivity index is 1.93. The van der Waals surface area contributed by atoms with Crippen molar-refractivity contribution < 1.29 is 9.53 Å². The quantitative estimate of drug-likeness (QED) is 0.937. The lowest BCUT2D eigenvalue weighted by Gasteiger charge is -2.13. The van der Waals surface area contributed by atoms with Crippen LogP contribution in [0.4, 0.5) is 5.13 Å². The molecule has 94 valence electrons. The molecule has 1 unspecified atom stereocenters. The topological polar surface area (TPSA) is 51.2 Å². The van der Waals surface area contributed by atoms with Crippen LogP contribution in [0.15, 0.2) is 40.3 Å².